The predicted octanol–water partition coefficient (Wildman–Crippen LogP) is 2.28. The Morgan fingerprint density at radius 2 is 2.20 bits per heavy atom. The number of halogens is 2. The molecule has 0 saturated heterocycles. The number of nitrogens with one attached hydrogen (secondary N) is 2. The minimum absolute atomic E-state index is 0.137. The second kappa shape index (κ2) is 6.40. The average molecular weight is 299 g/mol. The highest BCUT2D eigenvalue weighted by Gasteiger charge is 2.12. The van der Waals surface area contributed by atoms with Crippen LogP contribution in [0.3, 0.4) is 0 Å². The molecule has 8 heteroatoms. The average Bonchev–Trinajstić information content (AvgIpc) is 2.92. The molecule has 0 aliphatic rings. The highest BCUT2D eigenvalue weighted by Crippen LogP contribution is 2.16. The number of aliphatic hydroxyl groups is 1. The van der Waals surface area contributed by atoms with Crippen molar-refractivity contribution < 1.29 is 18.7 Å². The summed E-state index contributed by atoms with van der Waals surface area (Å²) in [4.78, 5) is 15.3. The van der Waals surface area contributed by atoms with Crippen LogP contribution in [-0.2, 0) is 0 Å². The van der Waals surface area contributed by atoms with Gasteiger partial charge in [-0.2, -0.15) is 0 Å². The third kappa shape index (κ3) is 3.72. The van der Waals surface area contributed by atoms with Gasteiger partial charge in [-0.05, 0) is 17.7 Å². The van der Waals surface area contributed by atoms with Gasteiger partial charge in [-0.1, -0.05) is 6.07 Å². The molecule has 0 aliphatic carbocycles. The molecule has 0 spiro atoms. The first kappa shape index (κ1) is 14.4. The maximum absolute atomic E-state index is 13.0. The number of anilines is 1. The number of amides is 2. The third-order valence-electron chi connectivity index (χ3n) is 2.44. The van der Waals surface area contributed by atoms with Gasteiger partial charge in [0.2, 0.25) is 0 Å². The van der Waals surface area contributed by atoms with Gasteiger partial charge in [-0.15, -0.1) is 11.3 Å². The lowest BCUT2D eigenvalue weighted by molar-refractivity contribution is 0.174. The lowest BCUT2D eigenvalue weighted by atomic mass is 10.1. The van der Waals surface area contributed by atoms with Crippen LogP contribution in [0.15, 0.2) is 29.8 Å². The first-order valence-corrected chi connectivity index (χ1v) is 6.51. The molecule has 3 N–H and O–H groups in total. The summed E-state index contributed by atoms with van der Waals surface area (Å²) < 4.78 is 25.7. The molecular formula is C12H11F2N3O2S. The largest absolute Gasteiger partial charge is 0.387 e. The number of rotatable bonds is 4. The standard InChI is InChI=1S/C12H11F2N3O2S/c13-8-2-1-7(5-9(8)14)10(18)6-16-11(19)17-12-15-3-4-20-12/h1-5,10,18H,6H2,(H2,15,16,17,19)/t10-/m0/s1. The highest BCUT2D eigenvalue weighted by atomic mass is 32.1. The lowest BCUT2D eigenvalue weighted by Crippen LogP contribution is -2.32. The summed E-state index contributed by atoms with van der Waals surface area (Å²) in [5.41, 5.74) is 0.179. The summed E-state index contributed by atoms with van der Waals surface area (Å²) in [5.74, 6) is -2.04. The molecule has 0 radical (unpaired) electrons. The van der Waals surface area contributed by atoms with Gasteiger partial charge in [0.15, 0.2) is 16.8 Å². The van der Waals surface area contributed by atoms with E-state index in [0.717, 1.165) is 12.1 Å². The predicted molar refractivity (Wildman–Crippen MR) is 70.5 cm³/mol. The number of aliphatic hydroxyl groups excluding tert-OH is 1. The number of benzene rings is 1. The molecule has 0 fully saturated rings. The first-order chi connectivity index (χ1) is 9.56. The Morgan fingerprint density at radius 1 is 1.40 bits per heavy atom. The van der Waals surface area contributed by atoms with Crippen LogP contribution in [0.1, 0.15) is 11.7 Å². The molecule has 1 atom stereocenters. The lowest BCUT2D eigenvalue weighted by Gasteiger charge is -2.12. The summed E-state index contributed by atoms with van der Waals surface area (Å²) in [5, 5.41) is 16.8. The van der Waals surface area contributed by atoms with E-state index in [2.05, 4.69) is 15.6 Å². The number of aromatic nitrogens is 1. The van der Waals surface area contributed by atoms with Gasteiger partial charge in [0.1, 0.15) is 0 Å². The van der Waals surface area contributed by atoms with Crippen LogP contribution >= 0.6 is 11.3 Å². The Balaban J connectivity index is 1.86. The molecule has 1 aromatic carbocycles. The van der Waals surface area contributed by atoms with E-state index in [4.69, 9.17) is 0 Å². The fourth-order valence-corrected chi connectivity index (χ4v) is 1.98. The third-order valence-corrected chi connectivity index (χ3v) is 3.13. The molecule has 2 aromatic rings. The minimum Gasteiger partial charge on any atom is -0.387 e. The summed E-state index contributed by atoms with van der Waals surface area (Å²) in [6.45, 7) is -0.137. The van der Waals surface area contributed by atoms with Gasteiger partial charge < -0.3 is 10.4 Å². The molecule has 5 nitrogen and oxygen atoms in total. The normalized spacial score (nSPS) is 11.9. The van der Waals surface area contributed by atoms with Crippen LogP contribution in [0, 0.1) is 11.6 Å². The molecule has 1 heterocycles. The monoisotopic (exact) mass is 299 g/mol. The summed E-state index contributed by atoms with van der Waals surface area (Å²) in [6.07, 6.45) is 0.406. The van der Waals surface area contributed by atoms with Crippen LogP contribution in [0.4, 0.5) is 18.7 Å². The number of hydrogen-bond donors (Lipinski definition) is 3. The number of urea groups is 1. The molecule has 0 aliphatic heterocycles. The maximum atomic E-state index is 13.0. The van der Waals surface area contributed by atoms with Crippen molar-refractivity contribution in [1.82, 2.24) is 10.3 Å². The van der Waals surface area contributed by atoms with Crippen LogP contribution < -0.4 is 10.6 Å². The van der Waals surface area contributed by atoms with E-state index >= 15 is 0 Å². The van der Waals surface area contributed by atoms with Crippen molar-refractivity contribution in [2.24, 2.45) is 0 Å². The second-order valence-electron chi connectivity index (χ2n) is 3.86. The molecule has 0 saturated carbocycles. The fraction of sp³-hybridized carbons (Fsp3) is 0.167. The van der Waals surface area contributed by atoms with Gasteiger partial charge in [0, 0.05) is 18.1 Å². The Labute approximate surface area is 117 Å². The van der Waals surface area contributed by atoms with Crippen molar-refractivity contribution in [3.63, 3.8) is 0 Å². The summed E-state index contributed by atoms with van der Waals surface area (Å²) in [6, 6.07) is 2.52. The summed E-state index contributed by atoms with van der Waals surface area (Å²) in [7, 11) is 0. The van der Waals surface area contributed by atoms with Gasteiger partial charge in [-0.25, -0.2) is 18.6 Å². The fourth-order valence-electron chi connectivity index (χ4n) is 1.45. The Bertz CT molecular complexity index is 592. The molecule has 20 heavy (non-hydrogen) atoms. The Morgan fingerprint density at radius 3 is 2.85 bits per heavy atom. The van der Waals surface area contributed by atoms with E-state index in [1.165, 1.54) is 23.6 Å². The van der Waals surface area contributed by atoms with Crippen molar-refractivity contribution in [2.75, 3.05) is 11.9 Å². The molecular weight excluding hydrogens is 288 g/mol. The number of carbonyl (C=O) groups is 1. The van der Waals surface area contributed by atoms with Crippen LogP contribution in [0.25, 0.3) is 0 Å². The summed E-state index contributed by atoms with van der Waals surface area (Å²) >= 11 is 1.25. The number of thiazole rings is 1. The van der Waals surface area contributed by atoms with Gasteiger partial charge in [0.05, 0.1) is 6.10 Å². The topological polar surface area (TPSA) is 74.2 Å². The van der Waals surface area contributed by atoms with Crippen molar-refractivity contribution in [2.45, 2.75) is 6.10 Å². The van der Waals surface area contributed by atoms with Crippen molar-refractivity contribution in [3.8, 4) is 0 Å². The quantitative estimate of drug-likeness (QED) is 0.811. The highest BCUT2D eigenvalue weighted by molar-refractivity contribution is 7.13. The molecule has 1 aromatic heterocycles. The van der Waals surface area contributed by atoms with E-state index in [0.29, 0.717) is 5.13 Å². The Hall–Kier alpha value is -2.06. The molecule has 2 rings (SSSR count). The molecule has 0 bridgehead atoms. The van der Waals surface area contributed by atoms with Crippen LogP contribution in [-0.4, -0.2) is 22.7 Å². The van der Waals surface area contributed by atoms with Crippen molar-refractivity contribution >= 4 is 22.5 Å². The SMILES string of the molecule is O=C(NC[C@H](O)c1ccc(F)c(F)c1)Nc1nccs1. The van der Waals surface area contributed by atoms with E-state index in [9.17, 15) is 18.7 Å². The van der Waals surface area contributed by atoms with Gasteiger partial charge in [-0.3, -0.25) is 5.32 Å². The molecule has 0 unspecified atom stereocenters. The van der Waals surface area contributed by atoms with Crippen molar-refractivity contribution in [1.29, 1.82) is 0 Å². The van der Waals surface area contributed by atoms with Crippen LogP contribution in [0.5, 0.6) is 0 Å². The smallest absolute Gasteiger partial charge is 0.321 e. The maximum Gasteiger partial charge on any atom is 0.321 e. The second-order valence-corrected chi connectivity index (χ2v) is 4.76. The van der Waals surface area contributed by atoms with Gasteiger partial charge in [0.25, 0.3) is 0 Å². The first-order valence-electron chi connectivity index (χ1n) is 5.63. The number of nitrogens with zero attached hydrogens (tertiary/aromatic N) is 1. The van der Waals surface area contributed by atoms with E-state index in [1.807, 2.05) is 0 Å². The Kier molecular flexibility index (Phi) is 4.59. The van der Waals surface area contributed by atoms with E-state index in [1.54, 1.807) is 5.38 Å². The zero-order chi connectivity index (χ0) is 14.5. The minimum atomic E-state index is -1.13. The van der Waals surface area contributed by atoms with E-state index < -0.39 is 23.8 Å². The molecule has 106 valence electrons. The zero-order valence-corrected chi connectivity index (χ0v) is 11.0. The van der Waals surface area contributed by atoms with Crippen molar-refractivity contribution in [3.05, 3.63) is 47.0 Å². The van der Waals surface area contributed by atoms with Crippen LogP contribution in [0.2, 0.25) is 0 Å². The zero-order valence-electron chi connectivity index (χ0n) is 10.1. The number of hydrogen-bond acceptors (Lipinski definition) is 4. The van der Waals surface area contributed by atoms with E-state index in [-0.39, 0.29) is 12.1 Å². The van der Waals surface area contributed by atoms with Gasteiger partial charge >= 0.3 is 6.03 Å². The number of carbonyl (C=O) groups excluding carboxylic acids is 1. The molecule has 2 amide bonds.